The van der Waals surface area contributed by atoms with Crippen molar-refractivity contribution in [3.8, 4) is 0 Å². The van der Waals surface area contributed by atoms with Crippen LogP contribution in [0.4, 0.5) is 11.4 Å². The van der Waals surface area contributed by atoms with Crippen LogP contribution < -0.4 is 10.2 Å². The first kappa shape index (κ1) is 14.6. The molecular formula is C17H18Cl2N2. The fourth-order valence-corrected chi connectivity index (χ4v) is 3.55. The van der Waals surface area contributed by atoms with Gasteiger partial charge in [0.15, 0.2) is 0 Å². The minimum atomic E-state index is 0.314. The third kappa shape index (κ3) is 2.83. The normalized spacial score (nSPS) is 16.7. The topological polar surface area (TPSA) is 15.3 Å². The van der Waals surface area contributed by atoms with Crippen molar-refractivity contribution in [2.24, 2.45) is 0 Å². The molecule has 2 nitrogen and oxygen atoms in total. The molecule has 0 bridgehead atoms. The second kappa shape index (κ2) is 5.78. The summed E-state index contributed by atoms with van der Waals surface area (Å²) in [7, 11) is 4.02. The van der Waals surface area contributed by atoms with Crippen molar-refractivity contribution in [3.05, 3.63) is 57.6 Å². The summed E-state index contributed by atoms with van der Waals surface area (Å²) in [6, 6.07) is 12.5. The second-order valence-electron chi connectivity index (χ2n) is 5.61. The summed E-state index contributed by atoms with van der Waals surface area (Å²) in [4.78, 5) is 2.04. The summed E-state index contributed by atoms with van der Waals surface area (Å²) in [5.74, 6) is 0. The molecular weight excluding hydrogens is 303 g/mol. The number of anilines is 2. The molecule has 0 spiro atoms. The number of aryl methyl sites for hydroxylation is 1. The number of hydrogen-bond donors (Lipinski definition) is 1. The summed E-state index contributed by atoms with van der Waals surface area (Å²) < 4.78 is 0. The number of fused-ring (bicyclic) bond motifs is 1. The predicted molar refractivity (Wildman–Crippen MR) is 91.9 cm³/mol. The van der Waals surface area contributed by atoms with Crippen molar-refractivity contribution in [3.63, 3.8) is 0 Å². The lowest BCUT2D eigenvalue weighted by Crippen LogP contribution is -2.14. The summed E-state index contributed by atoms with van der Waals surface area (Å²) in [5, 5.41) is 5.21. The van der Waals surface area contributed by atoms with Gasteiger partial charge in [0.25, 0.3) is 0 Å². The molecule has 1 aliphatic rings. The summed E-state index contributed by atoms with van der Waals surface area (Å²) in [5.41, 5.74) is 4.78. The van der Waals surface area contributed by atoms with Gasteiger partial charge in [-0.25, -0.2) is 0 Å². The molecule has 2 aromatic carbocycles. The van der Waals surface area contributed by atoms with Gasteiger partial charge in [-0.15, -0.1) is 0 Å². The second-order valence-corrected chi connectivity index (χ2v) is 6.45. The number of para-hydroxylation sites is 1. The average Bonchev–Trinajstić information content (AvgIpc) is 2.80. The molecule has 0 saturated carbocycles. The van der Waals surface area contributed by atoms with Crippen molar-refractivity contribution in [1.82, 2.24) is 0 Å². The summed E-state index contributed by atoms with van der Waals surface area (Å²) >= 11 is 12.4. The van der Waals surface area contributed by atoms with E-state index in [0.717, 1.165) is 34.3 Å². The fraction of sp³-hybridized carbons (Fsp3) is 0.294. The molecule has 0 aromatic heterocycles. The van der Waals surface area contributed by atoms with Crippen LogP contribution in [-0.4, -0.2) is 14.1 Å². The van der Waals surface area contributed by atoms with E-state index in [2.05, 4.69) is 23.5 Å². The van der Waals surface area contributed by atoms with Crippen LogP contribution in [0.2, 0.25) is 10.0 Å². The summed E-state index contributed by atoms with van der Waals surface area (Å²) in [6.45, 7) is 0. The van der Waals surface area contributed by atoms with Crippen LogP contribution in [-0.2, 0) is 6.42 Å². The lowest BCUT2D eigenvalue weighted by Gasteiger charge is -2.23. The van der Waals surface area contributed by atoms with E-state index in [9.17, 15) is 0 Å². The maximum Gasteiger partial charge on any atom is 0.0786 e. The lowest BCUT2D eigenvalue weighted by atomic mass is 10.1. The van der Waals surface area contributed by atoms with Crippen LogP contribution in [0, 0.1) is 0 Å². The molecule has 110 valence electrons. The smallest absolute Gasteiger partial charge is 0.0786 e. The minimum Gasteiger partial charge on any atom is -0.376 e. The van der Waals surface area contributed by atoms with Crippen LogP contribution in [0.1, 0.15) is 23.6 Å². The van der Waals surface area contributed by atoms with E-state index in [4.69, 9.17) is 23.2 Å². The van der Waals surface area contributed by atoms with E-state index in [-0.39, 0.29) is 0 Å². The minimum absolute atomic E-state index is 0.314. The van der Waals surface area contributed by atoms with Crippen molar-refractivity contribution in [1.29, 1.82) is 0 Å². The zero-order valence-corrected chi connectivity index (χ0v) is 13.7. The van der Waals surface area contributed by atoms with Gasteiger partial charge in [-0.2, -0.15) is 0 Å². The third-order valence-electron chi connectivity index (χ3n) is 3.95. The van der Waals surface area contributed by atoms with Crippen molar-refractivity contribution in [2.75, 3.05) is 24.3 Å². The van der Waals surface area contributed by atoms with Gasteiger partial charge >= 0.3 is 0 Å². The van der Waals surface area contributed by atoms with Crippen molar-refractivity contribution < 1.29 is 0 Å². The highest BCUT2D eigenvalue weighted by Gasteiger charge is 2.23. The highest BCUT2D eigenvalue weighted by atomic mass is 35.5. The molecule has 4 heteroatoms. The van der Waals surface area contributed by atoms with E-state index >= 15 is 0 Å². The van der Waals surface area contributed by atoms with E-state index in [1.165, 1.54) is 11.1 Å². The van der Waals surface area contributed by atoms with Gasteiger partial charge in [0.1, 0.15) is 0 Å². The van der Waals surface area contributed by atoms with Gasteiger partial charge in [-0.1, -0.05) is 35.3 Å². The van der Waals surface area contributed by atoms with Gasteiger partial charge in [-0.05, 0) is 48.2 Å². The monoisotopic (exact) mass is 320 g/mol. The van der Waals surface area contributed by atoms with Crippen LogP contribution in [0.5, 0.6) is 0 Å². The molecule has 1 N–H and O–H groups in total. The summed E-state index contributed by atoms with van der Waals surface area (Å²) in [6.07, 6.45) is 2.14. The van der Waals surface area contributed by atoms with Crippen molar-refractivity contribution >= 4 is 34.6 Å². The Morgan fingerprint density at radius 2 is 1.95 bits per heavy atom. The lowest BCUT2D eigenvalue weighted by molar-refractivity contribution is 0.761. The molecule has 3 rings (SSSR count). The van der Waals surface area contributed by atoms with Crippen molar-refractivity contribution in [2.45, 2.75) is 18.9 Å². The highest BCUT2D eigenvalue weighted by Crippen LogP contribution is 2.39. The number of rotatable bonds is 3. The molecule has 0 aliphatic heterocycles. The first-order valence-corrected chi connectivity index (χ1v) is 7.82. The van der Waals surface area contributed by atoms with Gasteiger partial charge in [-0.3, -0.25) is 0 Å². The standard InChI is InChI=1S/C17H18Cl2N2/c1-21(2)17-14(19)4-3-5-16(17)20-15-9-6-11-10-12(18)7-8-13(11)15/h3-5,7-8,10,15,20H,6,9H2,1-2H3. The SMILES string of the molecule is CN(C)c1c(Cl)cccc1NC1CCc2cc(Cl)ccc21. The molecule has 2 aromatic rings. The Morgan fingerprint density at radius 1 is 1.14 bits per heavy atom. The third-order valence-corrected chi connectivity index (χ3v) is 4.49. The van der Waals surface area contributed by atoms with E-state index < -0.39 is 0 Å². The maximum absolute atomic E-state index is 6.33. The number of nitrogens with one attached hydrogen (secondary N) is 1. The Kier molecular flexibility index (Phi) is 4.01. The van der Waals surface area contributed by atoms with E-state index in [0.29, 0.717) is 6.04 Å². The molecule has 21 heavy (non-hydrogen) atoms. The Labute approximate surface area is 135 Å². The largest absolute Gasteiger partial charge is 0.376 e. The zero-order valence-electron chi connectivity index (χ0n) is 12.2. The molecule has 0 amide bonds. The molecule has 0 radical (unpaired) electrons. The highest BCUT2D eigenvalue weighted by molar-refractivity contribution is 6.34. The average molecular weight is 321 g/mol. The van der Waals surface area contributed by atoms with Gasteiger partial charge in [0, 0.05) is 19.1 Å². The zero-order chi connectivity index (χ0) is 15.0. The number of benzene rings is 2. The Hall–Kier alpha value is -1.38. The molecule has 1 unspecified atom stereocenters. The van der Waals surface area contributed by atoms with E-state index in [1.807, 2.05) is 37.2 Å². The maximum atomic E-state index is 6.33. The van der Waals surface area contributed by atoms with E-state index in [1.54, 1.807) is 0 Å². The quantitative estimate of drug-likeness (QED) is 0.840. The Bertz CT molecular complexity index is 668. The number of halogens is 2. The van der Waals surface area contributed by atoms with Crippen LogP contribution in [0.3, 0.4) is 0 Å². The van der Waals surface area contributed by atoms with Gasteiger partial charge in [0.05, 0.1) is 22.4 Å². The number of nitrogens with zero attached hydrogens (tertiary/aromatic N) is 1. The Morgan fingerprint density at radius 3 is 2.71 bits per heavy atom. The molecule has 1 atom stereocenters. The van der Waals surface area contributed by atoms with Crippen LogP contribution in [0.25, 0.3) is 0 Å². The van der Waals surface area contributed by atoms with Gasteiger partial charge in [0.2, 0.25) is 0 Å². The number of hydrogen-bond acceptors (Lipinski definition) is 2. The fourth-order valence-electron chi connectivity index (χ4n) is 3.01. The van der Waals surface area contributed by atoms with Gasteiger partial charge < -0.3 is 10.2 Å². The first-order chi connectivity index (χ1) is 10.1. The predicted octanol–water partition coefficient (Wildman–Crippen LogP) is 5.16. The van der Waals surface area contributed by atoms with Crippen LogP contribution in [0.15, 0.2) is 36.4 Å². The Balaban J connectivity index is 1.92. The molecule has 0 saturated heterocycles. The molecule has 0 heterocycles. The van der Waals surface area contributed by atoms with Crippen LogP contribution >= 0.6 is 23.2 Å². The first-order valence-electron chi connectivity index (χ1n) is 7.07. The molecule has 0 fully saturated rings. The molecule has 1 aliphatic carbocycles.